The summed E-state index contributed by atoms with van der Waals surface area (Å²) >= 11 is 0. The molecule has 0 saturated heterocycles. The molecule has 2 aromatic carbocycles. The minimum atomic E-state index is -0.702. The van der Waals surface area contributed by atoms with E-state index in [0.29, 0.717) is 36.8 Å². The third-order valence-corrected chi connectivity index (χ3v) is 5.50. The molecule has 1 fully saturated rings. The van der Waals surface area contributed by atoms with Gasteiger partial charge in [0.2, 0.25) is 5.91 Å². The van der Waals surface area contributed by atoms with Crippen LogP contribution in [0.5, 0.6) is 5.75 Å². The molecule has 160 valence electrons. The molecule has 30 heavy (non-hydrogen) atoms. The van der Waals surface area contributed by atoms with Crippen molar-refractivity contribution in [3.8, 4) is 5.75 Å². The molecule has 5 nitrogen and oxygen atoms in total. The van der Waals surface area contributed by atoms with Gasteiger partial charge in [-0.3, -0.25) is 4.79 Å². The van der Waals surface area contributed by atoms with Gasteiger partial charge in [-0.1, -0.05) is 38.8 Å². The lowest BCUT2D eigenvalue weighted by atomic mass is 9.78. The first kappa shape index (κ1) is 21.8. The van der Waals surface area contributed by atoms with Crippen LogP contribution in [0.4, 0.5) is 10.1 Å². The SMILES string of the molecule is COC(=O)c1cc(NC(=O)C2(c3ccc(F)cc3)CCCC2)ccc1OCC(C)C. The number of ether oxygens (including phenoxy) is 2. The maximum Gasteiger partial charge on any atom is 0.341 e. The van der Waals surface area contributed by atoms with Crippen molar-refractivity contribution in [2.24, 2.45) is 5.92 Å². The predicted molar refractivity (Wildman–Crippen MR) is 113 cm³/mol. The summed E-state index contributed by atoms with van der Waals surface area (Å²) < 4.78 is 24.0. The van der Waals surface area contributed by atoms with Crippen LogP contribution in [-0.4, -0.2) is 25.6 Å². The lowest BCUT2D eigenvalue weighted by Crippen LogP contribution is -2.38. The van der Waals surface area contributed by atoms with Gasteiger partial charge in [-0.2, -0.15) is 0 Å². The van der Waals surface area contributed by atoms with Gasteiger partial charge < -0.3 is 14.8 Å². The summed E-state index contributed by atoms with van der Waals surface area (Å²) in [6, 6.07) is 11.1. The maximum atomic E-state index is 13.4. The van der Waals surface area contributed by atoms with E-state index in [2.05, 4.69) is 5.32 Å². The maximum absolute atomic E-state index is 13.4. The van der Waals surface area contributed by atoms with Gasteiger partial charge in [0.15, 0.2) is 0 Å². The molecule has 0 radical (unpaired) electrons. The van der Waals surface area contributed by atoms with Crippen molar-refractivity contribution in [3.63, 3.8) is 0 Å². The fourth-order valence-electron chi connectivity index (χ4n) is 3.90. The van der Waals surface area contributed by atoms with E-state index in [4.69, 9.17) is 9.47 Å². The fourth-order valence-corrected chi connectivity index (χ4v) is 3.90. The van der Waals surface area contributed by atoms with Crippen molar-refractivity contribution in [1.29, 1.82) is 0 Å². The minimum absolute atomic E-state index is 0.154. The second-order valence-electron chi connectivity index (χ2n) is 8.16. The predicted octanol–water partition coefficient (Wildman–Crippen LogP) is 5.10. The minimum Gasteiger partial charge on any atom is -0.492 e. The van der Waals surface area contributed by atoms with Gasteiger partial charge in [0.05, 0.1) is 19.1 Å². The molecule has 1 aliphatic rings. The summed E-state index contributed by atoms with van der Waals surface area (Å²) in [6.45, 7) is 4.50. The number of carbonyl (C=O) groups excluding carboxylic acids is 2. The molecule has 0 unspecified atom stereocenters. The van der Waals surface area contributed by atoms with Crippen LogP contribution in [0.25, 0.3) is 0 Å². The molecule has 0 heterocycles. The average Bonchev–Trinajstić information content (AvgIpc) is 3.24. The van der Waals surface area contributed by atoms with Crippen molar-refractivity contribution < 1.29 is 23.5 Å². The highest BCUT2D eigenvalue weighted by Crippen LogP contribution is 2.42. The van der Waals surface area contributed by atoms with Gasteiger partial charge in [-0.05, 0) is 54.7 Å². The average molecular weight is 413 g/mol. The van der Waals surface area contributed by atoms with Crippen LogP contribution in [0.3, 0.4) is 0 Å². The summed E-state index contributed by atoms with van der Waals surface area (Å²) in [5, 5.41) is 2.95. The number of benzene rings is 2. The zero-order valence-electron chi connectivity index (χ0n) is 17.7. The van der Waals surface area contributed by atoms with Crippen molar-refractivity contribution in [1.82, 2.24) is 0 Å². The molecule has 0 aromatic heterocycles. The topological polar surface area (TPSA) is 64.6 Å². The Morgan fingerprint density at radius 3 is 2.37 bits per heavy atom. The molecule has 0 aliphatic heterocycles. The van der Waals surface area contributed by atoms with Gasteiger partial charge in [0, 0.05) is 5.69 Å². The number of halogens is 1. The Morgan fingerprint density at radius 2 is 1.77 bits per heavy atom. The molecule has 6 heteroatoms. The first-order valence-electron chi connectivity index (χ1n) is 10.3. The normalized spacial score (nSPS) is 15.1. The molecular formula is C24H28FNO4. The first-order chi connectivity index (χ1) is 14.4. The summed E-state index contributed by atoms with van der Waals surface area (Å²) in [7, 11) is 1.31. The Morgan fingerprint density at radius 1 is 1.10 bits per heavy atom. The van der Waals surface area contributed by atoms with Gasteiger partial charge in [0.25, 0.3) is 0 Å². The Bertz CT molecular complexity index is 902. The largest absolute Gasteiger partial charge is 0.492 e. The Kier molecular flexibility index (Phi) is 6.75. The molecule has 0 bridgehead atoms. The third-order valence-electron chi connectivity index (χ3n) is 5.50. The summed E-state index contributed by atoms with van der Waals surface area (Å²) in [5.41, 5.74) is 0.860. The third kappa shape index (κ3) is 4.64. The number of hydrogen-bond donors (Lipinski definition) is 1. The molecule has 1 amide bonds. The van der Waals surface area contributed by atoms with E-state index in [0.717, 1.165) is 18.4 Å². The second kappa shape index (κ2) is 9.28. The van der Waals surface area contributed by atoms with Crippen LogP contribution in [0.15, 0.2) is 42.5 Å². The van der Waals surface area contributed by atoms with E-state index in [1.165, 1.54) is 19.2 Å². The number of methoxy groups -OCH3 is 1. The fraction of sp³-hybridized carbons (Fsp3) is 0.417. The van der Waals surface area contributed by atoms with E-state index in [-0.39, 0.29) is 17.3 Å². The second-order valence-corrected chi connectivity index (χ2v) is 8.16. The Labute approximate surface area is 176 Å². The highest BCUT2D eigenvalue weighted by atomic mass is 19.1. The highest BCUT2D eigenvalue weighted by Gasteiger charge is 2.42. The molecule has 0 atom stereocenters. The van der Waals surface area contributed by atoms with Gasteiger partial charge in [-0.15, -0.1) is 0 Å². The zero-order chi connectivity index (χ0) is 21.7. The van der Waals surface area contributed by atoms with E-state index in [9.17, 15) is 14.0 Å². The first-order valence-corrected chi connectivity index (χ1v) is 10.3. The van der Waals surface area contributed by atoms with Gasteiger partial charge in [0.1, 0.15) is 17.1 Å². The number of carbonyl (C=O) groups is 2. The van der Waals surface area contributed by atoms with Crippen LogP contribution in [0.1, 0.15) is 55.5 Å². The Hall–Kier alpha value is -2.89. The number of amides is 1. The van der Waals surface area contributed by atoms with E-state index in [1.807, 2.05) is 13.8 Å². The van der Waals surface area contributed by atoms with Crippen molar-refractivity contribution in [3.05, 3.63) is 59.4 Å². The molecule has 1 N–H and O–H groups in total. The molecule has 1 saturated carbocycles. The van der Waals surface area contributed by atoms with Crippen LogP contribution in [0, 0.1) is 11.7 Å². The van der Waals surface area contributed by atoms with Crippen molar-refractivity contribution >= 4 is 17.6 Å². The number of rotatable bonds is 7. The lowest BCUT2D eigenvalue weighted by Gasteiger charge is -2.28. The summed E-state index contributed by atoms with van der Waals surface area (Å²) in [4.78, 5) is 25.6. The molecule has 3 rings (SSSR count). The van der Waals surface area contributed by atoms with Crippen LogP contribution >= 0.6 is 0 Å². The zero-order valence-corrected chi connectivity index (χ0v) is 17.7. The van der Waals surface area contributed by atoms with Gasteiger partial charge in [-0.25, -0.2) is 9.18 Å². The van der Waals surface area contributed by atoms with Crippen LogP contribution < -0.4 is 10.1 Å². The smallest absolute Gasteiger partial charge is 0.341 e. The molecular weight excluding hydrogens is 385 g/mol. The van der Waals surface area contributed by atoms with E-state index in [1.54, 1.807) is 30.3 Å². The number of anilines is 1. The summed E-state index contributed by atoms with van der Waals surface area (Å²) in [5.74, 6) is -0.292. The number of hydrogen-bond acceptors (Lipinski definition) is 4. The summed E-state index contributed by atoms with van der Waals surface area (Å²) in [6.07, 6.45) is 3.26. The molecule has 1 aliphatic carbocycles. The standard InChI is InChI=1S/C24H28FNO4/c1-16(2)15-30-21-11-10-19(14-20(21)22(27)29-3)26-23(28)24(12-4-5-13-24)17-6-8-18(25)9-7-17/h6-11,14,16H,4-5,12-13,15H2,1-3H3,(H,26,28). The molecule has 2 aromatic rings. The monoisotopic (exact) mass is 413 g/mol. The van der Waals surface area contributed by atoms with Crippen molar-refractivity contribution in [2.45, 2.75) is 44.9 Å². The van der Waals surface area contributed by atoms with Crippen LogP contribution in [-0.2, 0) is 14.9 Å². The number of nitrogens with one attached hydrogen (secondary N) is 1. The van der Waals surface area contributed by atoms with E-state index < -0.39 is 11.4 Å². The van der Waals surface area contributed by atoms with Crippen molar-refractivity contribution in [2.75, 3.05) is 19.0 Å². The van der Waals surface area contributed by atoms with E-state index >= 15 is 0 Å². The van der Waals surface area contributed by atoms with Crippen LogP contribution in [0.2, 0.25) is 0 Å². The lowest BCUT2D eigenvalue weighted by molar-refractivity contribution is -0.121. The quantitative estimate of drug-likeness (QED) is 0.642. The van der Waals surface area contributed by atoms with Gasteiger partial charge >= 0.3 is 5.97 Å². The molecule has 0 spiro atoms. The number of esters is 1. The Balaban J connectivity index is 1.87. The highest BCUT2D eigenvalue weighted by molar-refractivity contribution is 6.01.